The van der Waals surface area contributed by atoms with Gasteiger partial charge in [-0.3, -0.25) is 0 Å². The minimum atomic E-state index is 0. The molecule has 9 heavy (non-hydrogen) atoms. The van der Waals surface area contributed by atoms with Crippen LogP contribution in [-0.2, 0) is 0 Å². The fraction of sp³-hybridized carbons (Fsp3) is 0.250. The summed E-state index contributed by atoms with van der Waals surface area (Å²) in [6, 6.07) is 0. The highest BCUT2D eigenvalue weighted by molar-refractivity contribution is 14.0. The van der Waals surface area contributed by atoms with E-state index in [-0.39, 0.29) is 24.0 Å². The van der Waals surface area contributed by atoms with E-state index in [9.17, 15) is 0 Å². The van der Waals surface area contributed by atoms with Gasteiger partial charge in [0.2, 0.25) is 0 Å². The van der Waals surface area contributed by atoms with Crippen molar-refractivity contribution in [1.82, 2.24) is 0 Å². The average Bonchev–Trinajstić information content (AvgIpc) is 1.96. The lowest BCUT2D eigenvalue weighted by molar-refractivity contribution is 1.50. The molecule has 1 heteroatoms. The molecule has 1 aliphatic rings. The number of hydrogen-bond donors (Lipinski definition) is 0. The van der Waals surface area contributed by atoms with E-state index in [1.807, 2.05) is 13.8 Å². The Hall–Kier alpha value is -0.230. The van der Waals surface area contributed by atoms with Crippen LogP contribution in [0.3, 0.4) is 0 Å². The summed E-state index contributed by atoms with van der Waals surface area (Å²) >= 11 is 0. The minimum Gasteiger partial charge on any atom is -0.119 e. The Morgan fingerprint density at radius 1 is 1.11 bits per heavy atom. The van der Waals surface area contributed by atoms with Crippen molar-refractivity contribution < 1.29 is 0 Å². The third kappa shape index (κ3) is 7.77. The molecule has 0 saturated heterocycles. The van der Waals surface area contributed by atoms with E-state index in [1.165, 1.54) is 0 Å². The van der Waals surface area contributed by atoms with Crippen LogP contribution < -0.4 is 0 Å². The van der Waals surface area contributed by atoms with E-state index >= 15 is 0 Å². The van der Waals surface area contributed by atoms with Gasteiger partial charge in [0, 0.05) is 30.1 Å². The summed E-state index contributed by atoms with van der Waals surface area (Å²) in [4.78, 5) is 0. The predicted molar refractivity (Wildman–Crippen MR) is 49.3 cm³/mol. The number of allylic oxidation sites excluding steroid dienone is 2. The van der Waals surface area contributed by atoms with Gasteiger partial charge in [0.1, 0.15) is 0 Å². The van der Waals surface area contributed by atoms with Gasteiger partial charge in [-0.2, -0.15) is 0 Å². The standard InChI is InChI=1S/C6H3.C2H6.I/c1-2-4-6-5-3-1;1-2;/h1-2,5H;1-2H3;. The van der Waals surface area contributed by atoms with Crippen molar-refractivity contribution >= 4 is 24.0 Å². The highest BCUT2D eigenvalue weighted by Crippen LogP contribution is 1.76. The van der Waals surface area contributed by atoms with E-state index in [4.69, 9.17) is 0 Å². The topological polar surface area (TPSA) is 0 Å². The quantitative estimate of drug-likeness (QED) is 0.444. The first-order valence-corrected chi connectivity index (χ1v) is 2.74. The normalized spacial score (nSPS) is 9.56. The van der Waals surface area contributed by atoms with Crippen LogP contribution in [-0.4, -0.2) is 0 Å². The maximum Gasteiger partial charge on any atom is 0.0398 e. The van der Waals surface area contributed by atoms with E-state index in [0.717, 1.165) is 0 Å². The molecular formula is C8H9I. The molecule has 0 aromatic rings. The molecule has 0 heterocycles. The first kappa shape index (κ1) is 11.6. The minimum absolute atomic E-state index is 0. The molecule has 1 rings (SSSR count). The van der Waals surface area contributed by atoms with Gasteiger partial charge in [0.15, 0.2) is 0 Å². The van der Waals surface area contributed by atoms with Crippen molar-refractivity contribution in [3.8, 4) is 0 Å². The van der Waals surface area contributed by atoms with Crippen LogP contribution in [0.15, 0.2) is 29.7 Å². The molecule has 0 unspecified atom stereocenters. The Balaban J connectivity index is 0. The van der Waals surface area contributed by atoms with Gasteiger partial charge in [-0.15, -0.1) is 11.5 Å². The predicted octanol–water partition coefficient (Wildman–Crippen LogP) is 3.14. The maximum atomic E-state index is 2.81. The van der Waals surface area contributed by atoms with Crippen molar-refractivity contribution in [2.75, 3.05) is 0 Å². The fourth-order valence-corrected chi connectivity index (χ4v) is 0.269. The van der Waals surface area contributed by atoms with Gasteiger partial charge in [0.25, 0.3) is 0 Å². The highest BCUT2D eigenvalue weighted by Gasteiger charge is 1.59. The van der Waals surface area contributed by atoms with Crippen LogP contribution in [0.1, 0.15) is 13.8 Å². The lowest BCUT2D eigenvalue weighted by Gasteiger charge is -1.65. The van der Waals surface area contributed by atoms with Gasteiger partial charge >= 0.3 is 0 Å². The third-order valence-corrected chi connectivity index (χ3v) is 0.502. The molecule has 48 valence electrons. The van der Waals surface area contributed by atoms with E-state index in [1.54, 1.807) is 18.2 Å². The summed E-state index contributed by atoms with van der Waals surface area (Å²) in [5.74, 6) is 0. The van der Waals surface area contributed by atoms with Gasteiger partial charge in [-0.25, -0.2) is 0 Å². The molecule has 0 fully saturated rings. The van der Waals surface area contributed by atoms with Gasteiger partial charge in [-0.1, -0.05) is 13.8 Å². The molecule has 0 N–H and O–H groups in total. The van der Waals surface area contributed by atoms with Crippen molar-refractivity contribution in [1.29, 1.82) is 0 Å². The van der Waals surface area contributed by atoms with Crippen LogP contribution in [0, 0.1) is 6.08 Å². The van der Waals surface area contributed by atoms with Crippen LogP contribution in [0.25, 0.3) is 0 Å². The first-order chi connectivity index (χ1) is 4.00. The molecule has 0 spiro atoms. The smallest absolute Gasteiger partial charge is 0.0398 e. The molecule has 0 nitrogen and oxygen atoms in total. The number of halogens is 1. The maximum absolute atomic E-state index is 2.81. The lowest BCUT2D eigenvalue weighted by atomic mass is 10.4. The zero-order chi connectivity index (χ0) is 6.24. The van der Waals surface area contributed by atoms with Crippen LogP contribution >= 0.6 is 24.0 Å². The fourth-order valence-electron chi connectivity index (χ4n) is 0.269. The van der Waals surface area contributed by atoms with Gasteiger partial charge in [-0.05, 0) is 18.2 Å². The summed E-state index contributed by atoms with van der Waals surface area (Å²) in [5, 5.41) is 0. The van der Waals surface area contributed by atoms with Gasteiger partial charge < -0.3 is 0 Å². The van der Waals surface area contributed by atoms with Crippen LogP contribution in [0.4, 0.5) is 0 Å². The molecule has 2 radical (unpaired) electrons. The second kappa shape index (κ2) is 10.7. The van der Waals surface area contributed by atoms with E-state index in [0.29, 0.717) is 0 Å². The molecule has 0 atom stereocenters. The molecule has 0 bridgehead atoms. The molecule has 0 aromatic carbocycles. The molecule has 1 aliphatic carbocycles. The number of rotatable bonds is 0. The molecule has 0 aromatic heterocycles. The highest BCUT2D eigenvalue weighted by atomic mass is 127. The monoisotopic (exact) mass is 232 g/mol. The largest absolute Gasteiger partial charge is 0.119 e. The summed E-state index contributed by atoms with van der Waals surface area (Å²) < 4.78 is 0. The zero-order valence-electron chi connectivity index (χ0n) is 5.61. The van der Waals surface area contributed by atoms with Crippen molar-refractivity contribution in [2.45, 2.75) is 13.8 Å². The third-order valence-electron chi connectivity index (χ3n) is 0.502. The van der Waals surface area contributed by atoms with E-state index in [2.05, 4.69) is 17.5 Å². The Labute approximate surface area is 73.7 Å². The zero-order valence-corrected chi connectivity index (χ0v) is 7.77. The molecular weight excluding hydrogens is 223 g/mol. The van der Waals surface area contributed by atoms with Crippen LogP contribution in [0.2, 0.25) is 0 Å². The van der Waals surface area contributed by atoms with Crippen LogP contribution in [0.5, 0.6) is 0 Å². The summed E-state index contributed by atoms with van der Waals surface area (Å²) in [7, 11) is 0. The summed E-state index contributed by atoms with van der Waals surface area (Å²) in [6.07, 6.45) is 7.96. The Bertz CT molecular complexity index is 121. The second-order valence-electron chi connectivity index (χ2n) is 0.933. The molecule has 0 amide bonds. The first-order valence-electron chi connectivity index (χ1n) is 2.74. The average molecular weight is 232 g/mol. The van der Waals surface area contributed by atoms with Gasteiger partial charge in [0.05, 0.1) is 0 Å². The molecule has 0 aliphatic heterocycles. The summed E-state index contributed by atoms with van der Waals surface area (Å²) in [6.45, 7) is 4.00. The Morgan fingerprint density at radius 2 is 1.78 bits per heavy atom. The summed E-state index contributed by atoms with van der Waals surface area (Å²) in [5.41, 5.74) is 5.54. The second-order valence-corrected chi connectivity index (χ2v) is 0.933. The van der Waals surface area contributed by atoms with Crippen molar-refractivity contribution in [2.24, 2.45) is 0 Å². The van der Waals surface area contributed by atoms with Crippen molar-refractivity contribution in [3.63, 3.8) is 0 Å². The molecule has 0 saturated carbocycles. The van der Waals surface area contributed by atoms with Crippen molar-refractivity contribution in [3.05, 3.63) is 35.8 Å². The SMILES string of the molecule is CC.[C]1=C=CC=C=C1.[I]. The Morgan fingerprint density at radius 3 is 1.89 bits per heavy atom. The lowest BCUT2D eigenvalue weighted by Crippen LogP contribution is -1.48. The number of hydrogen-bond acceptors (Lipinski definition) is 0. The Kier molecular flexibility index (Phi) is 13.7. The van der Waals surface area contributed by atoms with E-state index < -0.39 is 0 Å².